The molecule has 0 atom stereocenters. The second kappa shape index (κ2) is 7.04. The van der Waals surface area contributed by atoms with E-state index >= 15 is 0 Å². The quantitative estimate of drug-likeness (QED) is 0.428. The molecule has 9 heteroatoms. The van der Waals surface area contributed by atoms with Gasteiger partial charge < -0.3 is 9.47 Å². The molecule has 0 aliphatic carbocycles. The van der Waals surface area contributed by atoms with Crippen LogP contribution in [0.4, 0.5) is 17.6 Å². The van der Waals surface area contributed by atoms with Crippen LogP contribution in [0.5, 0.6) is 5.88 Å². The van der Waals surface area contributed by atoms with Crippen molar-refractivity contribution in [2.45, 2.75) is 26.4 Å². The highest BCUT2D eigenvalue weighted by molar-refractivity contribution is 14.1. The van der Waals surface area contributed by atoms with Crippen LogP contribution in [0.1, 0.15) is 18.1 Å². The van der Waals surface area contributed by atoms with Gasteiger partial charge in [0.2, 0.25) is 5.88 Å². The molecule has 1 aromatic heterocycles. The molecule has 0 radical (unpaired) electrons. The summed E-state index contributed by atoms with van der Waals surface area (Å²) in [7, 11) is 0. The molecule has 0 N–H and O–H groups in total. The van der Waals surface area contributed by atoms with Crippen molar-refractivity contribution in [2.24, 2.45) is 0 Å². The Balaban J connectivity index is 3.05. The molecule has 0 saturated heterocycles. The molecule has 0 saturated carbocycles. The highest BCUT2D eigenvalue weighted by Crippen LogP contribution is 2.30. The second-order valence-corrected chi connectivity index (χ2v) is 4.62. The van der Waals surface area contributed by atoms with Crippen molar-refractivity contribution >= 4 is 28.6 Å². The van der Waals surface area contributed by atoms with Gasteiger partial charge in [-0.3, -0.25) is 4.79 Å². The Morgan fingerprint density at radius 1 is 1.45 bits per heavy atom. The lowest BCUT2D eigenvalue weighted by atomic mass is 10.1. The van der Waals surface area contributed by atoms with E-state index in [2.05, 4.69) is 9.72 Å². The molecule has 20 heavy (non-hydrogen) atoms. The number of carbonyl (C=O) groups is 1. The average Bonchev–Trinajstić information content (AvgIpc) is 2.31. The van der Waals surface area contributed by atoms with E-state index in [1.54, 1.807) is 29.5 Å². The van der Waals surface area contributed by atoms with Gasteiger partial charge in [0.1, 0.15) is 6.67 Å². The number of esters is 1. The van der Waals surface area contributed by atoms with E-state index in [4.69, 9.17) is 4.74 Å². The lowest BCUT2D eigenvalue weighted by Crippen LogP contribution is -2.20. The Morgan fingerprint density at radius 3 is 2.60 bits per heavy atom. The number of halogens is 5. The molecule has 0 fully saturated rings. The number of ether oxygens (including phenoxy) is 2. The van der Waals surface area contributed by atoms with Crippen LogP contribution in [0.3, 0.4) is 0 Å². The van der Waals surface area contributed by atoms with Crippen molar-refractivity contribution in [1.82, 2.24) is 4.98 Å². The maximum Gasteiger partial charge on any atom is 0.574 e. The lowest BCUT2D eigenvalue weighted by molar-refractivity contribution is -0.276. The molecule has 0 bridgehead atoms. The molecule has 1 rings (SSSR count). The number of hydrogen-bond donors (Lipinski definition) is 0. The molecular formula is C11H10F4INO3. The predicted molar refractivity (Wildman–Crippen MR) is 68.8 cm³/mol. The predicted octanol–water partition coefficient (Wildman–Crippen LogP) is 3.16. The van der Waals surface area contributed by atoms with Crippen molar-refractivity contribution in [2.75, 3.05) is 6.61 Å². The second-order valence-electron chi connectivity index (χ2n) is 3.54. The molecule has 0 spiro atoms. The number of rotatable bonds is 5. The third-order valence-electron chi connectivity index (χ3n) is 2.13. The molecular weight excluding hydrogens is 397 g/mol. The van der Waals surface area contributed by atoms with Crippen LogP contribution in [-0.2, 0) is 22.6 Å². The standard InChI is InChI=1S/C11H10F4INO3/c1-2-19-8(18)3-6-5-17-10(20-11(13,14)15)7(4-12)9(6)16/h5H,2-4H2,1H3. The summed E-state index contributed by atoms with van der Waals surface area (Å²) in [6.07, 6.45) is -4.11. The largest absolute Gasteiger partial charge is 0.574 e. The molecule has 4 nitrogen and oxygen atoms in total. The van der Waals surface area contributed by atoms with Crippen molar-refractivity contribution in [3.05, 3.63) is 20.9 Å². The smallest absolute Gasteiger partial charge is 0.466 e. The topological polar surface area (TPSA) is 48.4 Å². The third-order valence-corrected chi connectivity index (χ3v) is 3.47. The van der Waals surface area contributed by atoms with Crippen LogP contribution < -0.4 is 4.74 Å². The third kappa shape index (κ3) is 4.76. The summed E-state index contributed by atoms with van der Waals surface area (Å²) in [5, 5.41) is 0. The molecule has 0 aliphatic rings. The van der Waals surface area contributed by atoms with Gasteiger partial charge in [-0.2, -0.15) is 0 Å². The van der Waals surface area contributed by atoms with Gasteiger partial charge in [-0.1, -0.05) is 0 Å². The van der Waals surface area contributed by atoms with Crippen LogP contribution in [0.15, 0.2) is 6.20 Å². The summed E-state index contributed by atoms with van der Waals surface area (Å²) >= 11 is 1.64. The Morgan fingerprint density at radius 2 is 2.10 bits per heavy atom. The minimum Gasteiger partial charge on any atom is -0.466 e. The highest BCUT2D eigenvalue weighted by Gasteiger charge is 2.33. The number of aromatic nitrogens is 1. The SMILES string of the molecule is CCOC(=O)Cc1cnc(OC(F)(F)F)c(CF)c1I. The van der Waals surface area contributed by atoms with Gasteiger partial charge in [-0.05, 0) is 35.1 Å². The van der Waals surface area contributed by atoms with E-state index in [9.17, 15) is 22.4 Å². The Labute approximate surface area is 125 Å². The first-order valence-electron chi connectivity index (χ1n) is 5.42. The van der Waals surface area contributed by atoms with Crippen LogP contribution in [0.2, 0.25) is 0 Å². The molecule has 1 heterocycles. The average molecular weight is 407 g/mol. The van der Waals surface area contributed by atoms with Gasteiger partial charge in [0, 0.05) is 9.77 Å². The summed E-state index contributed by atoms with van der Waals surface area (Å²) in [5.41, 5.74) is -0.0593. The van der Waals surface area contributed by atoms with E-state index in [0.29, 0.717) is 0 Å². The van der Waals surface area contributed by atoms with Crippen LogP contribution in [0.25, 0.3) is 0 Å². The fraction of sp³-hybridized carbons (Fsp3) is 0.455. The fourth-order valence-electron chi connectivity index (χ4n) is 1.36. The zero-order chi connectivity index (χ0) is 15.3. The first kappa shape index (κ1) is 16.9. The minimum absolute atomic E-state index is 0.160. The van der Waals surface area contributed by atoms with Crippen molar-refractivity contribution < 1.29 is 31.8 Å². The van der Waals surface area contributed by atoms with Crippen molar-refractivity contribution in [1.29, 1.82) is 0 Å². The summed E-state index contributed by atoms with van der Waals surface area (Å²) in [6.45, 7) is 0.607. The molecule has 0 aromatic carbocycles. The summed E-state index contributed by atoms with van der Waals surface area (Å²) < 4.78 is 57.8. The van der Waals surface area contributed by atoms with Gasteiger partial charge >= 0.3 is 12.3 Å². The maximum absolute atomic E-state index is 12.9. The monoisotopic (exact) mass is 407 g/mol. The first-order chi connectivity index (χ1) is 9.28. The van der Waals surface area contributed by atoms with E-state index in [1.807, 2.05) is 0 Å². The normalized spacial score (nSPS) is 11.3. The zero-order valence-electron chi connectivity index (χ0n) is 10.3. The van der Waals surface area contributed by atoms with Crippen molar-refractivity contribution in [3.63, 3.8) is 0 Å². The van der Waals surface area contributed by atoms with Crippen molar-refractivity contribution in [3.8, 4) is 5.88 Å². The van der Waals surface area contributed by atoms with E-state index in [-0.39, 0.29) is 27.7 Å². The summed E-state index contributed by atoms with van der Waals surface area (Å²) in [6, 6.07) is 0. The van der Waals surface area contributed by atoms with Crippen LogP contribution >= 0.6 is 22.6 Å². The van der Waals surface area contributed by atoms with E-state index in [1.165, 1.54) is 0 Å². The van der Waals surface area contributed by atoms with Crippen LogP contribution in [-0.4, -0.2) is 23.9 Å². The van der Waals surface area contributed by atoms with Gasteiger partial charge in [-0.15, -0.1) is 13.2 Å². The Kier molecular flexibility index (Phi) is 5.96. The van der Waals surface area contributed by atoms with Crippen LogP contribution in [0, 0.1) is 3.57 Å². The molecule has 0 amide bonds. The van der Waals surface area contributed by atoms with Gasteiger partial charge in [0.25, 0.3) is 0 Å². The van der Waals surface area contributed by atoms with Gasteiger partial charge in [0.05, 0.1) is 18.6 Å². The Hall–Kier alpha value is -1.13. The number of hydrogen-bond acceptors (Lipinski definition) is 4. The molecule has 0 aliphatic heterocycles. The van der Waals surface area contributed by atoms with Gasteiger partial charge in [-0.25, -0.2) is 9.37 Å². The lowest BCUT2D eigenvalue weighted by Gasteiger charge is -2.14. The molecule has 0 unspecified atom stereocenters. The maximum atomic E-state index is 12.9. The molecule has 1 aromatic rings. The zero-order valence-corrected chi connectivity index (χ0v) is 12.4. The summed E-state index contributed by atoms with van der Waals surface area (Å²) in [5.74, 6) is -1.42. The van der Waals surface area contributed by atoms with E-state index < -0.39 is 24.9 Å². The molecule has 112 valence electrons. The van der Waals surface area contributed by atoms with Gasteiger partial charge in [0.15, 0.2) is 0 Å². The first-order valence-corrected chi connectivity index (χ1v) is 6.50. The minimum atomic E-state index is -4.96. The Bertz CT molecular complexity index is 493. The number of pyridine rings is 1. The number of carbonyl (C=O) groups excluding carboxylic acids is 1. The number of alkyl halides is 4. The summed E-state index contributed by atoms with van der Waals surface area (Å²) in [4.78, 5) is 14.7. The fourth-order valence-corrected chi connectivity index (χ4v) is 2.07. The van der Waals surface area contributed by atoms with E-state index in [0.717, 1.165) is 6.20 Å². The number of nitrogens with zero attached hydrogens (tertiary/aromatic N) is 1. The highest BCUT2D eigenvalue weighted by atomic mass is 127.